The number of methoxy groups -OCH3 is 1. The second-order valence-electron chi connectivity index (χ2n) is 8.12. The van der Waals surface area contributed by atoms with Gasteiger partial charge < -0.3 is 14.2 Å². The monoisotopic (exact) mass is 380 g/mol. The van der Waals surface area contributed by atoms with Crippen LogP contribution in [0.4, 0.5) is 0 Å². The molecule has 0 spiro atoms. The lowest BCUT2D eigenvalue weighted by Crippen LogP contribution is -2.46. The van der Waals surface area contributed by atoms with Gasteiger partial charge in [-0.1, -0.05) is 30.3 Å². The summed E-state index contributed by atoms with van der Waals surface area (Å²) < 4.78 is 7.35. The number of aliphatic imine (C=N–C) groups is 1. The third kappa shape index (κ3) is 4.02. The van der Waals surface area contributed by atoms with Crippen LogP contribution in [-0.2, 0) is 11.8 Å². The van der Waals surface area contributed by atoms with E-state index in [9.17, 15) is 4.79 Å². The van der Waals surface area contributed by atoms with Gasteiger partial charge in [0.15, 0.2) is 0 Å². The molecule has 1 unspecified atom stereocenters. The number of carbonyl (C=O) groups excluding carboxylic acids is 1. The van der Waals surface area contributed by atoms with Crippen LogP contribution in [0.5, 0.6) is 0 Å². The van der Waals surface area contributed by atoms with Gasteiger partial charge in [-0.25, -0.2) is 4.98 Å². The predicted molar refractivity (Wildman–Crippen MR) is 109 cm³/mol. The fourth-order valence-electron chi connectivity index (χ4n) is 4.11. The molecule has 6 nitrogen and oxygen atoms in total. The number of ether oxygens (including phenoxy) is 1. The van der Waals surface area contributed by atoms with Gasteiger partial charge >= 0.3 is 0 Å². The summed E-state index contributed by atoms with van der Waals surface area (Å²) in [7, 11) is 3.63. The summed E-state index contributed by atoms with van der Waals surface area (Å²) in [5, 5.41) is 0. The standard InChI is InChI=1S/C22H28N4O2/c1-25-13-20(24-16-25)21(27)26-10-8-22(9-11-26,15-28-2)14-23-19-12-18(19)17-6-4-3-5-7-17/h3-7,13,16,18H,8-12,14-15H2,1-2H3. The molecule has 28 heavy (non-hydrogen) atoms. The Kier molecular flexibility index (Phi) is 5.31. The zero-order valence-corrected chi connectivity index (χ0v) is 16.7. The van der Waals surface area contributed by atoms with E-state index in [4.69, 9.17) is 9.73 Å². The number of nitrogens with zero attached hydrogens (tertiary/aromatic N) is 4. The first-order valence-electron chi connectivity index (χ1n) is 9.95. The molecule has 1 amide bonds. The lowest BCUT2D eigenvalue weighted by molar-refractivity contribution is 0.0250. The van der Waals surface area contributed by atoms with Gasteiger partial charge in [0, 0.05) is 57.0 Å². The number of aromatic nitrogens is 2. The number of likely N-dealkylation sites (tertiary alicyclic amines) is 1. The molecule has 1 aromatic heterocycles. The second-order valence-corrected chi connectivity index (χ2v) is 8.12. The largest absolute Gasteiger partial charge is 0.384 e. The van der Waals surface area contributed by atoms with Crippen LogP contribution in [0.15, 0.2) is 47.8 Å². The first-order valence-corrected chi connectivity index (χ1v) is 9.95. The molecule has 2 heterocycles. The molecule has 2 aromatic rings. The van der Waals surface area contributed by atoms with E-state index in [2.05, 4.69) is 35.3 Å². The second kappa shape index (κ2) is 7.87. The van der Waals surface area contributed by atoms with Crippen LogP contribution >= 0.6 is 0 Å². The molecule has 4 rings (SSSR count). The Morgan fingerprint density at radius 3 is 2.68 bits per heavy atom. The smallest absolute Gasteiger partial charge is 0.274 e. The highest BCUT2D eigenvalue weighted by Crippen LogP contribution is 2.39. The number of aryl methyl sites for hydroxylation is 1. The van der Waals surface area contributed by atoms with E-state index in [0.29, 0.717) is 18.2 Å². The van der Waals surface area contributed by atoms with Crippen LogP contribution < -0.4 is 0 Å². The lowest BCUT2D eigenvalue weighted by atomic mass is 9.79. The molecule has 1 aromatic carbocycles. The molecular formula is C22H28N4O2. The summed E-state index contributed by atoms with van der Waals surface area (Å²) >= 11 is 0. The molecule has 1 atom stereocenters. The Morgan fingerprint density at radius 2 is 2.04 bits per heavy atom. The first-order chi connectivity index (χ1) is 13.6. The Hall–Kier alpha value is -2.47. The van der Waals surface area contributed by atoms with Crippen LogP contribution in [0.2, 0.25) is 0 Å². The lowest BCUT2D eigenvalue weighted by Gasteiger charge is -2.40. The SMILES string of the molecule is COCC1(CN=C2CC2c2ccccc2)CCN(C(=O)c2cn(C)cn2)CC1. The van der Waals surface area contributed by atoms with Crippen LogP contribution in [0.1, 0.15) is 41.2 Å². The highest BCUT2D eigenvalue weighted by Gasteiger charge is 2.39. The molecule has 2 aliphatic rings. The van der Waals surface area contributed by atoms with Crippen LogP contribution in [0.3, 0.4) is 0 Å². The van der Waals surface area contributed by atoms with Gasteiger partial charge in [0.05, 0.1) is 12.9 Å². The number of carbonyl (C=O) groups is 1. The van der Waals surface area contributed by atoms with Gasteiger partial charge in [0.1, 0.15) is 5.69 Å². The van der Waals surface area contributed by atoms with Crippen molar-refractivity contribution in [3.05, 3.63) is 54.1 Å². The zero-order chi connectivity index (χ0) is 19.6. The van der Waals surface area contributed by atoms with E-state index in [0.717, 1.165) is 38.9 Å². The fraction of sp³-hybridized carbons (Fsp3) is 0.500. The van der Waals surface area contributed by atoms with Gasteiger partial charge in [-0.3, -0.25) is 9.79 Å². The molecule has 1 saturated carbocycles. The maximum atomic E-state index is 12.6. The molecule has 148 valence electrons. The summed E-state index contributed by atoms with van der Waals surface area (Å²) in [4.78, 5) is 23.7. The van der Waals surface area contributed by atoms with Crippen molar-refractivity contribution in [1.29, 1.82) is 0 Å². The number of benzene rings is 1. The van der Waals surface area contributed by atoms with Crippen molar-refractivity contribution in [3.63, 3.8) is 0 Å². The predicted octanol–water partition coefficient (Wildman–Crippen LogP) is 2.92. The van der Waals surface area contributed by atoms with Crippen molar-refractivity contribution >= 4 is 11.6 Å². The average Bonchev–Trinajstić information content (AvgIpc) is 3.38. The molecule has 0 radical (unpaired) electrons. The number of imidazole rings is 1. The summed E-state index contributed by atoms with van der Waals surface area (Å²) in [5.74, 6) is 0.510. The Morgan fingerprint density at radius 1 is 1.29 bits per heavy atom. The summed E-state index contributed by atoms with van der Waals surface area (Å²) in [6.07, 6.45) is 6.33. The third-order valence-corrected chi connectivity index (χ3v) is 5.96. The van der Waals surface area contributed by atoms with Crippen molar-refractivity contribution in [1.82, 2.24) is 14.5 Å². The summed E-state index contributed by atoms with van der Waals surface area (Å²) in [6, 6.07) is 10.6. The summed E-state index contributed by atoms with van der Waals surface area (Å²) in [6.45, 7) is 2.92. The van der Waals surface area contributed by atoms with Crippen molar-refractivity contribution in [3.8, 4) is 0 Å². The van der Waals surface area contributed by atoms with Crippen molar-refractivity contribution in [2.75, 3.05) is 33.4 Å². The first kappa shape index (κ1) is 18.9. The molecule has 2 fully saturated rings. The van der Waals surface area contributed by atoms with Crippen molar-refractivity contribution in [2.24, 2.45) is 17.5 Å². The van der Waals surface area contributed by atoms with E-state index in [1.165, 1.54) is 11.3 Å². The van der Waals surface area contributed by atoms with Crippen molar-refractivity contribution < 1.29 is 9.53 Å². The van der Waals surface area contributed by atoms with Gasteiger partial charge in [-0.15, -0.1) is 0 Å². The molecule has 1 saturated heterocycles. The molecule has 0 bridgehead atoms. The minimum absolute atomic E-state index is 0.0178. The number of hydrogen-bond acceptors (Lipinski definition) is 4. The molecular weight excluding hydrogens is 352 g/mol. The third-order valence-electron chi connectivity index (χ3n) is 5.96. The van der Waals surface area contributed by atoms with Crippen molar-refractivity contribution in [2.45, 2.75) is 25.2 Å². The summed E-state index contributed by atoms with van der Waals surface area (Å²) in [5.41, 5.74) is 3.20. The Labute approximate surface area is 166 Å². The molecule has 1 aliphatic heterocycles. The Bertz CT molecular complexity index is 850. The van der Waals surface area contributed by atoms with Gasteiger partial charge in [0.25, 0.3) is 5.91 Å². The minimum Gasteiger partial charge on any atom is -0.384 e. The van der Waals surface area contributed by atoms with E-state index in [1.807, 2.05) is 11.9 Å². The zero-order valence-electron chi connectivity index (χ0n) is 16.7. The normalized spacial score (nSPS) is 22.4. The Balaban J connectivity index is 1.37. The van der Waals surface area contributed by atoms with Gasteiger partial charge in [-0.2, -0.15) is 0 Å². The van der Waals surface area contributed by atoms with Gasteiger partial charge in [0.2, 0.25) is 0 Å². The quantitative estimate of drug-likeness (QED) is 0.774. The maximum absolute atomic E-state index is 12.6. The number of piperidine rings is 1. The minimum atomic E-state index is 0.0178. The van der Waals surface area contributed by atoms with Crippen LogP contribution in [0, 0.1) is 5.41 Å². The van der Waals surface area contributed by atoms with Crippen LogP contribution in [0.25, 0.3) is 0 Å². The van der Waals surface area contributed by atoms with E-state index in [-0.39, 0.29) is 11.3 Å². The van der Waals surface area contributed by atoms with Crippen LogP contribution in [-0.4, -0.2) is 59.4 Å². The molecule has 0 N–H and O–H groups in total. The fourth-order valence-corrected chi connectivity index (χ4v) is 4.11. The van der Waals surface area contributed by atoms with E-state index < -0.39 is 0 Å². The maximum Gasteiger partial charge on any atom is 0.274 e. The van der Waals surface area contributed by atoms with E-state index in [1.54, 1.807) is 24.2 Å². The number of hydrogen-bond donors (Lipinski definition) is 0. The highest BCUT2D eigenvalue weighted by atomic mass is 16.5. The number of amides is 1. The number of rotatable bonds is 6. The van der Waals surface area contributed by atoms with E-state index >= 15 is 0 Å². The molecule has 6 heteroatoms. The highest BCUT2D eigenvalue weighted by molar-refractivity contribution is 6.05. The molecule has 1 aliphatic carbocycles. The average molecular weight is 380 g/mol. The van der Waals surface area contributed by atoms with Gasteiger partial charge in [-0.05, 0) is 24.8 Å². The topological polar surface area (TPSA) is 59.7 Å².